The Bertz CT molecular complexity index is 574. The fourth-order valence-electron chi connectivity index (χ4n) is 3.12. The number of rotatable bonds is 2. The Labute approximate surface area is 143 Å². The van der Waals surface area contributed by atoms with Crippen molar-refractivity contribution in [3.8, 4) is 0 Å². The summed E-state index contributed by atoms with van der Waals surface area (Å²) in [4.78, 5) is 30.6. The quantitative estimate of drug-likeness (QED) is 0.824. The van der Waals surface area contributed by atoms with Crippen LogP contribution in [-0.4, -0.2) is 79.1 Å². The van der Waals surface area contributed by atoms with Crippen molar-refractivity contribution in [3.05, 3.63) is 35.4 Å². The molecule has 6 heteroatoms. The lowest BCUT2D eigenvalue weighted by molar-refractivity contribution is 0.0362. The van der Waals surface area contributed by atoms with Crippen molar-refractivity contribution in [2.45, 2.75) is 13.3 Å². The number of hydrogen-bond donors (Lipinski definition) is 0. The van der Waals surface area contributed by atoms with Gasteiger partial charge in [0.05, 0.1) is 13.2 Å². The lowest BCUT2D eigenvalue weighted by Gasteiger charge is -2.38. The molecule has 6 nitrogen and oxygen atoms in total. The molecule has 130 valence electrons. The largest absolute Gasteiger partial charge is 0.378 e. The number of nitrogens with zero attached hydrogens (tertiary/aromatic N) is 3. The van der Waals surface area contributed by atoms with Crippen molar-refractivity contribution in [3.63, 3.8) is 0 Å². The minimum atomic E-state index is 0.0520. The molecule has 2 fully saturated rings. The zero-order chi connectivity index (χ0) is 16.9. The van der Waals surface area contributed by atoms with Crippen LogP contribution in [0.3, 0.4) is 0 Å². The number of ether oxygens (including phenoxy) is 1. The molecule has 0 aliphatic carbocycles. The van der Waals surface area contributed by atoms with E-state index in [9.17, 15) is 9.59 Å². The Morgan fingerprint density at radius 2 is 1.42 bits per heavy atom. The fraction of sp³-hybridized carbons (Fsp3) is 0.556. The molecule has 2 heterocycles. The second-order valence-corrected chi connectivity index (χ2v) is 6.21. The second kappa shape index (κ2) is 7.66. The molecule has 1 aromatic rings. The van der Waals surface area contributed by atoms with E-state index in [1.165, 1.54) is 5.56 Å². The van der Waals surface area contributed by atoms with Gasteiger partial charge >= 0.3 is 6.03 Å². The van der Waals surface area contributed by atoms with E-state index in [0.29, 0.717) is 52.5 Å². The van der Waals surface area contributed by atoms with Gasteiger partial charge in [-0.1, -0.05) is 19.1 Å². The van der Waals surface area contributed by atoms with Gasteiger partial charge in [-0.25, -0.2) is 4.79 Å². The third-order valence-corrected chi connectivity index (χ3v) is 4.73. The maximum Gasteiger partial charge on any atom is 0.320 e. The Hall–Kier alpha value is -2.08. The predicted octanol–water partition coefficient (Wildman–Crippen LogP) is 1.46. The Kier molecular flexibility index (Phi) is 5.35. The van der Waals surface area contributed by atoms with Gasteiger partial charge in [-0.2, -0.15) is 0 Å². The highest BCUT2D eigenvalue weighted by Gasteiger charge is 2.28. The monoisotopic (exact) mass is 331 g/mol. The van der Waals surface area contributed by atoms with Crippen molar-refractivity contribution >= 4 is 11.9 Å². The molecule has 2 aliphatic heterocycles. The van der Waals surface area contributed by atoms with Crippen LogP contribution in [0, 0.1) is 0 Å². The van der Waals surface area contributed by atoms with E-state index in [0.717, 1.165) is 12.0 Å². The van der Waals surface area contributed by atoms with Crippen molar-refractivity contribution < 1.29 is 14.3 Å². The fourth-order valence-corrected chi connectivity index (χ4v) is 3.12. The van der Waals surface area contributed by atoms with Crippen molar-refractivity contribution in [1.29, 1.82) is 0 Å². The molecule has 0 saturated carbocycles. The first-order chi connectivity index (χ1) is 11.7. The highest BCUT2D eigenvalue weighted by molar-refractivity contribution is 5.94. The van der Waals surface area contributed by atoms with Crippen LogP contribution in [0.4, 0.5) is 4.79 Å². The number of hydrogen-bond acceptors (Lipinski definition) is 3. The number of aryl methyl sites for hydroxylation is 1. The van der Waals surface area contributed by atoms with Gasteiger partial charge in [0.25, 0.3) is 5.91 Å². The van der Waals surface area contributed by atoms with Crippen LogP contribution in [0.5, 0.6) is 0 Å². The maximum atomic E-state index is 12.6. The molecule has 1 aromatic carbocycles. The SMILES string of the molecule is CCc1ccc(C(=O)N2CCN(C(=O)N3CCOCC3)CC2)cc1. The average Bonchev–Trinajstić information content (AvgIpc) is 2.68. The molecule has 3 amide bonds. The summed E-state index contributed by atoms with van der Waals surface area (Å²) in [6, 6.07) is 7.87. The molecule has 2 saturated heterocycles. The van der Waals surface area contributed by atoms with Crippen LogP contribution in [0.1, 0.15) is 22.8 Å². The van der Waals surface area contributed by atoms with E-state index < -0.39 is 0 Å². The zero-order valence-corrected chi connectivity index (χ0v) is 14.2. The van der Waals surface area contributed by atoms with Crippen LogP contribution in [-0.2, 0) is 11.2 Å². The van der Waals surface area contributed by atoms with E-state index in [2.05, 4.69) is 6.92 Å². The number of morpholine rings is 1. The van der Waals surface area contributed by atoms with Crippen molar-refractivity contribution in [1.82, 2.24) is 14.7 Å². The summed E-state index contributed by atoms with van der Waals surface area (Å²) in [6.45, 7) is 6.99. The van der Waals surface area contributed by atoms with Crippen LogP contribution < -0.4 is 0 Å². The van der Waals surface area contributed by atoms with Crippen LogP contribution in [0.15, 0.2) is 24.3 Å². The molecule has 0 radical (unpaired) electrons. The summed E-state index contributed by atoms with van der Waals surface area (Å²) < 4.78 is 5.29. The molecule has 0 spiro atoms. The van der Waals surface area contributed by atoms with E-state index in [1.54, 1.807) is 0 Å². The van der Waals surface area contributed by atoms with Gasteiger partial charge < -0.3 is 19.4 Å². The van der Waals surface area contributed by atoms with E-state index in [-0.39, 0.29) is 11.9 Å². The Balaban J connectivity index is 1.54. The van der Waals surface area contributed by atoms with Gasteiger partial charge in [-0.3, -0.25) is 4.79 Å². The number of benzene rings is 1. The molecular weight excluding hydrogens is 306 g/mol. The minimum Gasteiger partial charge on any atom is -0.378 e. The zero-order valence-electron chi connectivity index (χ0n) is 14.2. The van der Waals surface area contributed by atoms with Gasteiger partial charge in [0.15, 0.2) is 0 Å². The number of carbonyl (C=O) groups is 2. The van der Waals surface area contributed by atoms with Crippen LogP contribution in [0.25, 0.3) is 0 Å². The Morgan fingerprint density at radius 3 is 2.00 bits per heavy atom. The second-order valence-electron chi connectivity index (χ2n) is 6.21. The first-order valence-electron chi connectivity index (χ1n) is 8.69. The third kappa shape index (κ3) is 3.70. The lowest BCUT2D eigenvalue weighted by atomic mass is 10.1. The molecule has 0 aromatic heterocycles. The molecular formula is C18H25N3O3. The highest BCUT2D eigenvalue weighted by Crippen LogP contribution is 2.12. The maximum absolute atomic E-state index is 12.6. The van der Waals surface area contributed by atoms with Crippen molar-refractivity contribution in [2.75, 3.05) is 52.5 Å². The first-order valence-corrected chi connectivity index (χ1v) is 8.69. The standard InChI is InChI=1S/C18H25N3O3/c1-2-15-3-5-16(6-4-15)17(22)19-7-9-20(10-8-19)18(23)21-11-13-24-14-12-21/h3-6H,2,7-14H2,1H3. The van der Waals surface area contributed by atoms with Crippen LogP contribution in [0.2, 0.25) is 0 Å². The van der Waals surface area contributed by atoms with Gasteiger partial charge in [-0.05, 0) is 24.1 Å². The Morgan fingerprint density at radius 1 is 0.875 bits per heavy atom. The molecule has 2 aliphatic rings. The smallest absolute Gasteiger partial charge is 0.320 e. The highest BCUT2D eigenvalue weighted by atomic mass is 16.5. The molecule has 0 atom stereocenters. The van der Waals surface area contributed by atoms with Gasteiger partial charge in [-0.15, -0.1) is 0 Å². The summed E-state index contributed by atoms with van der Waals surface area (Å²) >= 11 is 0. The molecule has 3 rings (SSSR count). The molecule has 0 N–H and O–H groups in total. The van der Waals surface area contributed by atoms with E-state index in [4.69, 9.17) is 4.74 Å². The number of urea groups is 1. The first kappa shape index (κ1) is 16.8. The van der Waals surface area contributed by atoms with Crippen molar-refractivity contribution in [2.24, 2.45) is 0 Å². The number of carbonyl (C=O) groups excluding carboxylic acids is 2. The van der Waals surface area contributed by atoms with E-state index in [1.807, 2.05) is 39.0 Å². The summed E-state index contributed by atoms with van der Waals surface area (Å²) in [5.41, 5.74) is 1.95. The van der Waals surface area contributed by atoms with E-state index >= 15 is 0 Å². The minimum absolute atomic E-state index is 0.0520. The average molecular weight is 331 g/mol. The van der Waals surface area contributed by atoms with Gasteiger partial charge in [0.1, 0.15) is 0 Å². The molecule has 0 unspecified atom stereocenters. The molecule has 24 heavy (non-hydrogen) atoms. The number of amides is 3. The summed E-state index contributed by atoms with van der Waals surface area (Å²) in [6.07, 6.45) is 0.969. The summed E-state index contributed by atoms with van der Waals surface area (Å²) in [5, 5.41) is 0. The summed E-state index contributed by atoms with van der Waals surface area (Å²) in [7, 11) is 0. The predicted molar refractivity (Wildman–Crippen MR) is 91.1 cm³/mol. The van der Waals surface area contributed by atoms with Crippen LogP contribution >= 0.6 is 0 Å². The number of piperazine rings is 1. The third-order valence-electron chi connectivity index (χ3n) is 4.73. The molecule has 0 bridgehead atoms. The topological polar surface area (TPSA) is 53.1 Å². The van der Waals surface area contributed by atoms with Gasteiger partial charge in [0, 0.05) is 44.8 Å². The normalized spacial score (nSPS) is 18.6. The van der Waals surface area contributed by atoms with Gasteiger partial charge in [0.2, 0.25) is 0 Å². The summed E-state index contributed by atoms with van der Waals surface area (Å²) in [5.74, 6) is 0.0520. The lowest BCUT2D eigenvalue weighted by Crippen LogP contribution is -2.55.